The monoisotopic (exact) mass is 674 g/mol. The number of halogens is 1. The number of hydrogen-bond donors (Lipinski definition) is 2. The van der Waals surface area contributed by atoms with Crippen molar-refractivity contribution < 1.29 is 23.8 Å². The fraction of sp³-hybridized carbons (Fsp3) is 0.294. The minimum Gasteiger partial charge on any atom is -0.490 e. The Morgan fingerprint density at radius 1 is 1.04 bits per heavy atom. The molecule has 2 aliphatic heterocycles. The van der Waals surface area contributed by atoms with Crippen LogP contribution in [0.1, 0.15) is 31.0 Å². The van der Waals surface area contributed by atoms with Gasteiger partial charge < -0.3 is 29.7 Å². The van der Waals surface area contributed by atoms with Gasteiger partial charge in [-0.15, -0.1) is 5.10 Å². The van der Waals surface area contributed by atoms with Crippen molar-refractivity contribution >= 4 is 46.8 Å². The minimum atomic E-state index is -0.652. The van der Waals surface area contributed by atoms with Crippen LogP contribution in [0.4, 0.5) is 11.6 Å². The van der Waals surface area contributed by atoms with E-state index < -0.39 is 6.04 Å². The number of nitrogens with one attached hydrogen (secondary N) is 2. The van der Waals surface area contributed by atoms with E-state index in [0.717, 1.165) is 11.1 Å². The molecule has 0 radical (unpaired) electrons. The number of benzene rings is 3. The van der Waals surface area contributed by atoms with Crippen molar-refractivity contribution in [3.05, 3.63) is 100 Å². The molecule has 11 nitrogen and oxygen atoms in total. The molecule has 2 amide bonds. The summed E-state index contributed by atoms with van der Waals surface area (Å²) in [6.07, 6.45) is 0. The van der Waals surface area contributed by atoms with Crippen LogP contribution in [0.2, 0.25) is 5.02 Å². The summed E-state index contributed by atoms with van der Waals surface area (Å²) < 4.78 is 19.0. The highest BCUT2D eigenvalue weighted by Crippen LogP contribution is 2.40. The molecule has 0 saturated carbocycles. The Morgan fingerprint density at radius 3 is 2.57 bits per heavy atom. The zero-order valence-electron chi connectivity index (χ0n) is 26.1. The molecule has 244 valence electrons. The third-order valence-electron chi connectivity index (χ3n) is 7.72. The number of aromatic nitrogens is 3. The number of para-hydroxylation sites is 1. The van der Waals surface area contributed by atoms with Crippen LogP contribution in [0.15, 0.2) is 89.2 Å². The van der Waals surface area contributed by atoms with Gasteiger partial charge in [-0.3, -0.25) is 9.59 Å². The number of allylic oxidation sites excluding steroid dienone is 1. The van der Waals surface area contributed by atoms with Crippen LogP contribution in [0.25, 0.3) is 0 Å². The van der Waals surface area contributed by atoms with Gasteiger partial charge in [-0.1, -0.05) is 65.8 Å². The number of thioether (sulfide) groups is 1. The standard InChI is InChI=1S/C34H35ClN6O5S/c1-3-45-28-19-23(13-14-27(28)46-20-29(42)40-15-17-44-18-16-40)31-30(32(43)37-25-10-5-4-6-11-25)22(2)36-33-38-34(39-41(31)33)47-21-24-9-7-8-12-26(24)35/h4-14,19,31H,3,15-18,20-21H2,1-2H3,(H,37,43)(H,36,38,39). The van der Waals surface area contributed by atoms with Crippen LogP contribution >= 0.6 is 23.4 Å². The lowest BCUT2D eigenvalue weighted by Crippen LogP contribution is -2.43. The number of anilines is 2. The molecule has 1 saturated heterocycles. The Hall–Kier alpha value is -4.52. The molecular formula is C34H35ClN6O5S. The highest BCUT2D eigenvalue weighted by atomic mass is 35.5. The first kappa shape index (κ1) is 32.4. The van der Waals surface area contributed by atoms with E-state index in [9.17, 15) is 9.59 Å². The van der Waals surface area contributed by atoms with Crippen molar-refractivity contribution in [1.29, 1.82) is 0 Å². The lowest BCUT2D eigenvalue weighted by atomic mass is 9.94. The van der Waals surface area contributed by atoms with E-state index in [0.29, 0.717) is 83.2 Å². The zero-order chi connectivity index (χ0) is 32.8. The molecule has 1 aromatic heterocycles. The molecule has 1 unspecified atom stereocenters. The Kier molecular flexibility index (Phi) is 10.3. The normalized spacial score (nSPS) is 15.9. The first-order valence-electron chi connectivity index (χ1n) is 15.3. The van der Waals surface area contributed by atoms with E-state index in [2.05, 4.69) is 10.6 Å². The molecule has 47 heavy (non-hydrogen) atoms. The molecule has 0 aliphatic carbocycles. The van der Waals surface area contributed by atoms with Crippen LogP contribution < -0.4 is 20.1 Å². The Labute approximate surface area is 282 Å². The van der Waals surface area contributed by atoms with Crippen molar-refractivity contribution in [1.82, 2.24) is 19.7 Å². The first-order valence-corrected chi connectivity index (χ1v) is 16.7. The number of rotatable bonds is 11. The van der Waals surface area contributed by atoms with Crippen LogP contribution in [0.5, 0.6) is 11.5 Å². The number of hydrogen-bond acceptors (Lipinski definition) is 9. The lowest BCUT2D eigenvalue weighted by molar-refractivity contribution is -0.137. The van der Waals surface area contributed by atoms with E-state index in [1.54, 1.807) is 15.6 Å². The van der Waals surface area contributed by atoms with E-state index in [1.807, 2.05) is 80.6 Å². The molecule has 13 heteroatoms. The van der Waals surface area contributed by atoms with E-state index in [1.165, 1.54) is 11.8 Å². The summed E-state index contributed by atoms with van der Waals surface area (Å²) >= 11 is 7.85. The number of amides is 2. The number of morpholine rings is 1. The summed E-state index contributed by atoms with van der Waals surface area (Å²) in [5.41, 5.74) is 3.47. The highest BCUT2D eigenvalue weighted by molar-refractivity contribution is 7.98. The molecule has 3 heterocycles. The van der Waals surface area contributed by atoms with Gasteiger partial charge in [-0.05, 0) is 55.3 Å². The summed E-state index contributed by atoms with van der Waals surface area (Å²) in [5, 5.41) is 12.4. The average Bonchev–Trinajstić information content (AvgIpc) is 3.49. The predicted octanol–water partition coefficient (Wildman–Crippen LogP) is 5.79. The second-order valence-corrected chi connectivity index (χ2v) is 12.2. The van der Waals surface area contributed by atoms with Crippen molar-refractivity contribution in [2.75, 3.05) is 50.2 Å². The highest BCUT2D eigenvalue weighted by Gasteiger charge is 2.35. The largest absolute Gasteiger partial charge is 0.490 e. The molecule has 0 bridgehead atoms. The maximum Gasteiger partial charge on any atom is 0.260 e. The molecule has 3 aromatic carbocycles. The van der Waals surface area contributed by atoms with Crippen molar-refractivity contribution in [2.24, 2.45) is 0 Å². The third-order valence-corrected chi connectivity index (χ3v) is 8.98. The van der Waals surface area contributed by atoms with Gasteiger partial charge in [-0.2, -0.15) is 4.98 Å². The second-order valence-electron chi connectivity index (χ2n) is 10.9. The third kappa shape index (κ3) is 7.56. The molecule has 0 spiro atoms. The Morgan fingerprint density at radius 2 is 1.81 bits per heavy atom. The molecular weight excluding hydrogens is 640 g/mol. The first-order chi connectivity index (χ1) is 22.9. The van der Waals surface area contributed by atoms with Gasteiger partial charge in [0, 0.05) is 35.2 Å². The van der Waals surface area contributed by atoms with Crippen LogP contribution in [-0.4, -0.2) is 71.0 Å². The minimum absolute atomic E-state index is 0.120. The number of fused-ring (bicyclic) bond motifs is 1. The quantitative estimate of drug-likeness (QED) is 0.191. The van der Waals surface area contributed by atoms with Gasteiger partial charge in [0.05, 0.1) is 25.4 Å². The fourth-order valence-electron chi connectivity index (χ4n) is 5.40. The summed E-state index contributed by atoms with van der Waals surface area (Å²) in [6.45, 7) is 6.06. The van der Waals surface area contributed by atoms with Gasteiger partial charge in [-0.25, -0.2) is 4.68 Å². The summed E-state index contributed by atoms with van der Waals surface area (Å²) in [4.78, 5) is 33.2. The molecule has 1 atom stereocenters. The summed E-state index contributed by atoms with van der Waals surface area (Å²) in [6, 6.07) is 21.7. The number of carbonyl (C=O) groups is 2. The maximum absolute atomic E-state index is 13.9. The number of carbonyl (C=O) groups excluding carboxylic acids is 2. The Bertz CT molecular complexity index is 1780. The number of nitrogens with zero attached hydrogens (tertiary/aromatic N) is 4. The van der Waals surface area contributed by atoms with E-state index in [-0.39, 0.29) is 18.4 Å². The van der Waals surface area contributed by atoms with Gasteiger partial charge in [0.1, 0.15) is 6.04 Å². The molecule has 2 N–H and O–H groups in total. The summed E-state index contributed by atoms with van der Waals surface area (Å²) in [7, 11) is 0. The maximum atomic E-state index is 13.9. The van der Waals surface area contributed by atoms with Crippen LogP contribution in [0, 0.1) is 0 Å². The van der Waals surface area contributed by atoms with Crippen molar-refractivity contribution in [3.63, 3.8) is 0 Å². The molecule has 2 aliphatic rings. The SMILES string of the molecule is CCOc1cc(C2C(C(=O)Nc3ccccc3)=C(C)Nc3nc(SCc4ccccc4Cl)nn32)ccc1OCC(=O)N1CCOCC1. The Balaban J connectivity index is 1.32. The van der Waals surface area contributed by atoms with Crippen molar-refractivity contribution in [3.8, 4) is 11.5 Å². The molecule has 1 fully saturated rings. The smallest absolute Gasteiger partial charge is 0.260 e. The van der Waals surface area contributed by atoms with Crippen LogP contribution in [0.3, 0.4) is 0 Å². The topological polar surface area (TPSA) is 120 Å². The zero-order valence-corrected chi connectivity index (χ0v) is 27.6. The second kappa shape index (κ2) is 14.9. The predicted molar refractivity (Wildman–Crippen MR) is 181 cm³/mol. The van der Waals surface area contributed by atoms with Gasteiger partial charge >= 0.3 is 0 Å². The van der Waals surface area contributed by atoms with Gasteiger partial charge in [0.2, 0.25) is 11.1 Å². The summed E-state index contributed by atoms with van der Waals surface area (Å²) in [5.74, 6) is 1.55. The van der Waals surface area contributed by atoms with Crippen molar-refractivity contribution in [2.45, 2.75) is 30.8 Å². The molecule has 6 rings (SSSR count). The van der Waals surface area contributed by atoms with E-state index in [4.69, 9.17) is 35.9 Å². The van der Waals surface area contributed by atoms with E-state index >= 15 is 0 Å². The fourth-order valence-corrected chi connectivity index (χ4v) is 6.51. The lowest BCUT2D eigenvalue weighted by Gasteiger charge is -2.29. The number of ether oxygens (including phenoxy) is 3. The molecule has 4 aromatic rings. The van der Waals surface area contributed by atoms with Gasteiger partial charge in [0.15, 0.2) is 18.1 Å². The van der Waals surface area contributed by atoms with Gasteiger partial charge in [0.25, 0.3) is 11.8 Å². The average molecular weight is 675 g/mol. The van der Waals surface area contributed by atoms with Crippen LogP contribution in [-0.2, 0) is 20.1 Å².